The number of para-hydroxylation sites is 1. The second-order valence-corrected chi connectivity index (χ2v) is 5.15. The maximum Gasteiger partial charge on any atom is 0.173 e. The summed E-state index contributed by atoms with van der Waals surface area (Å²) in [4.78, 5) is 4.61. The van der Waals surface area contributed by atoms with Crippen LogP contribution in [0.4, 0.5) is 5.69 Å². The fourth-order valence-corrected chi connectivity index (χ4v) is 2.35. The highest BCUT2D eigenvalue weighted by Crippen LogP contribution is 2.08. The molecule has 0 spiro atoms. The first kappa shape index (κ1) is 13.3. The Kier molecular flexibility index (Phi) is 4.96. The summed E-state index contributed by atoms with van der Waals surface area (Å²) in [6.07, 6.45) is 2.69. The minimum Gasteiger partial charge on any atom is -0.351 e. The lowest BCUT2D eigenvalue weighted by Crippen LogP contribution is -2.37. The minimum absolute atomic E-state index is 0.792. The van der Waals surface area contributed by atoms with Gasteiger partial charge in [-0.25, -0.2) is 0 Å². The molecule has 3 nitrogen and oxygen atoms in total. The van der Waals surface area contributed by atoms with Crippen molar-refractivity contribution in [3.05, 3.63) is 30.3 Å². The van der Waals surface area contributed by atoms with Gasteiger partial charge in [0.2, 0.25) is 0 Å². The van der Waals surface area contributed by atoms with Crippen LogP contribution in [-0.4, -0.2) is 48.1 Å². The van der Waals surface area contributed by atoms with Crippen molar-refractivity contribution in [2.24, 2.45) is 0 Å². The first-order chi connectivity index (χ1) is 8.75. The SMILES string of the molecule is CN(CCN1CCCC1)C(=S)Nc1ccccc1. The number of rotatable bonds is 4. The molecule has 98 valence electrons. The van der Waals surface area contributed by atoms with E-state index in [4.69, 9.17) is 12.2 Å². The number of benzene rings is 1. The lowest BCUT2D eigenvalue weighted by atomic mass is 10.3. The molecule has 0 aliphatic carbocycles. The predicted molar refractivity (Wildman–Crippen MR) is 81.0 cm³/mol. The molecule has 2 rings (SSSR count). The Morgan fingerprint density at radius 2 is 1.94 bits per heavy atom. The summed E-state index contributed by atoms with van der Waals surface area (Å²) in [5, 5.41) is 4.05. The Bertz CT molecular complexity index is 374. The first-order valence-corrected chi connectivity index (χ1v) is 6.96. The fourth-order valence-electron chi connectivity index (χ4n) is 2.14. The summed E-state index contributed by atoms with van der Waals surface area (Å²) in [6, 6.07) is 10.1. The van der Waals surface area contributed by atoms with Crippen molar-refractivity contribution in [3.63, 3.8) is 0 Å². The largest absolute Gasteiger partial charge is 0.351 e. The molecule has 0 atom stereocenters. The molecule has 0 saturated carbocycles. The van der Waals surface area contributed by atoms with Gasteiger partial charge in [-0.2, -0.15) is 0 Å². The molecule has 0 bridgehead atoms. The molecule has 0 radical (unpaired) electrons. The zero-order valence-corrected chi connectivity index (χ0v) is 11.7. The van der Waals surface area contributed by atoms with Gasteiger partial charge in [-0.3, -0.25) is 0 Å². The molecule has 0 unspecified atom stereocenters. The molecule has 1 aromatic carbocycles. The molecule has 4 heteroatoms. The van der Waals surface area contributed by atoms with Gasteiger partial charge in [-0.1, -0.05) is 18.2 Å². The van der Waals surface area contributed by atoms with Crippen LogP contribution in [-0.2, 0) is 0 Å². The van der Waals surface area contributed by atoms with Gasteiger partial charge in [-0.05, 0) is 50.3 Å². The van der Waals surface area contributed by atoms with E-state index in [9.17, 15) is 0 Å². The van der Waals surface area contributed by atoms with E-state index in [1.165, 1.54) is 25.9 Å². The molecule has 0 amide bonds. The van der Waals surface area contributed by atoms with E-state index in [2.05, 4.69) is 15.1 Å². The Hall–Kier alpha value is -1.13. The van der Waals surface area contributed by atoms with E-state index < -0.39 is 0 Å². The van der Waals surface area contributed by atoms with Gasteiger partial charge >= 0.3 is 0 Å². The summed E-state index contributed by atoms with van der Waals surface area (Å²) >= 11 is 5.40. The van der Waals surface area contributed by atoms with E-state index >= 15 is 0 Å². The number of likely N-dealkylation sites (tertiary alicyclic amines) is 1. The van der Waals surface area contributed by atoms with Crippen LogP contribution in [0, 0.1) is 0 Å². The Balaban J connectivity index is 1.74. The molecule has 1 aliphatic rings. The zero-order chi connectivity index (χ0) is 12.8. The molecular formula is C14H21N3S. The van der Waals surface area contributed by atoms with Crippen molar-refractivity contribution in [1.82, 2.24) is 9.80 Å². The van der Waals surface area contributed by atoms with Crippen LogP contribution in [0.25, 0.3) is 0 Å². The van der Waals surface area contributed by atoms with Crippen molar-refractivity contribution in [2.75, 3.05) is 38.5 Å². The van der Waals surface area contributed by atoms with E-state index in [-0.39, 0.29) is 0 Å². The third kappa shape index (κ3) is 3.96. The summed E-state index contributed by atoms with van der Waals surface area (Å²) < 4.78 is 0. The molecule has 0 aromatic heterocycles. The monoisotopic (exact) mass is 263 g/mol. The zero-order valence-electron chi connectivity index (χ0n) is 10.9. The third-order valence-corrected chi connectivity index (χ3v) is 3.74. The molecule has 1 heterocycles. The summed E-state index contributed by atoms with van der Waals surface area (Å²) in [5.41, 5.74) is 1.05. The maximum atomic E-state index is 5.40. The normalized spacial score (nSPS) is 15.6. The van der Waals surface area contributed by atoms with Crippen LogP contribution >= 0.6 is 12.2 Å². The van der Waals surface area contributed by atoms with Gasteiger partial charge in [0.25, 0.3) is 0 Å². The Labute approximate surface area is 115 Å². The van der Waals surface area contributed by atoms with Crippen LogP contribution in [0.2, 0.25) is 0 Å². The summed E-state index contributed by atoms with van der Waals surface area (Å²) in [6.45, 7) is 4.57. The average Bonchev–Trinajstić information content (AvgIpc) is 2.90. The summed E-state index contributed by atoms with van der Waals surface area (Å²) in [5.74, 6) is 0. The van der Waals surface area contributed by atoms with Gasteiger partial charge in [0.1, 0.15) is 0 Å². The van der Waals surface area contributed by atoms with Crippen LogP contribution < -0.4 is 5.32 Å². The fraction of sp³-hybridized carbons (Fsp3) is 0.500. The molecule has 1 aliphatic heterocycles. The van der Waals surface area contributed by atoms with E-state index in [0.717, 1.165) is 23.9 Å². The number of thiocarbonyl (C=S) groups is 1. The molecule has 1 fully saturated rings. The van der Waals surface area contributed by atoms with Gasteiger partial charge in [0.15, 0.2) is 5.11 Å². The van der Waals surface area contributed by atoms with Gasteiger partial charge in [0, 0.05) is 25.8 Å². The van der Waals surface area contributed by atoms with Gasteiger partial charge in [-0.15, -0.1) is 0 Å². The van der Waals surface area contributed by atoms with E-state index in [0.29, 0.717) is 0 Å². The first-order valence-electron chi connectivity index (χ1n) is 6.55. The van der Waals surface area contributed by atoms with Crippen molar-refractivity contribution in [1.29, 1.82) is 0 Å². The standard InChI is InChI=1S/C14H21N3S/c1-16(11-12-17-9-5-6-10-17)14(18)15-13-7-3-2-4-8-13/h2-4,7-8H,5-6,9-12H2,1H3,(H,15,18). The van der Waals surface area contributed by atoms with Crippen molar-refractivity contribution >= 4 is 23.0 Å². The molecular weight excluding hydrogens is 242 g/mol. The number of hydrogen-bond acceptors (Lipinski definition) is 2. The maximum absolute atomic E-state index is 5.40. The average molecular weight is 263 g/mol. The lowest BCUT2D eigenvalue weighted by molar-refractivity contribution is 0.309. The van der Waals surface area contributed by atoms with Crippen molar-refractivity contribution < 1.29 is 0 Å². The second kappa shape index (κ2) is 6.71. The van der Waals surface area contributed by atoms with E-state index in [1.807, 2.05) is 37.4 Å². The number of nitrogens with one attached hydrogen (secondary N) is 1. The van der Waals surface area contributed by atoms with Crippen LogP contribution in [0.3, 0.4) is 0 Å². The molecule has 1 N–H and O–H groups in total. The van der Waals surface area contributed by atoms with Crippen LogP contribution in [0.15, 0.2) is 30.3 Å². The molecule has 1 aromatic rings. The predicted octanol–water partition coefficient (Wildman–Crippen LogP) is 2.41. The van der Waals surface area contributed by atoms with Gasteiger partial charge in [0.05, 0.1) is 0 Å². The highest BCUT2D eigenvalue weighted by atomic mass is 32.1. The van der Waals surface area contributed by atoms with Crippen molar-refractivity contribution in [2.45, 2.75) is 12.8 Å². The third-order valence-electron chi connectivity index (χ3n) is 3.32. The molecule has 1 saturated heterocycles. The smallest absolute Gasteiger partial charge is 0.173 e. The number of nitrogens with zero attached hydrogens (tertiary/aromatic N) is 2. The van der Waals surface area contributed by atoms with Crippen LogP contribution in [0.1, 0.15) is 12.8 Å². The van der Waals surface area contributed by atoms with Crippen molar-refractivity contribution in [3.8, 4) is 0 Å². The number of hydrogen-bond donors (Lipinski definition) is 1. The summed E-state index contributed by atoms with van der Waals surface area (Å²) in [7, 11) is 2.05. The van der Waals surface area contributed by atoms with E-state index in [1.54, 1.807) is 0 Å². The quantitative estimate of drug-likeness (QED) is 0.841. The van der Waals surface area contributed by atoms with Crippen LogP contribution in [0.5, 0.6) is 0 Å². The Morgan fingerprint density at radius 1 is 1.28 bits per heavy atom. The highest BCUT2D eigenvalue weighted by molar-refractivity contribution is 7.80. The second-order valence-electron chi connectivity index (χ2n) is 4.77. The minimum atomic E-state index is 0.792. The van der Waals surface area contributed by atoms with Gasteiger partial charge < -0.3 is 15.1 Å². The number of anilines is 1. The topological polar surface area (TPSA) is 18.5 Å². The highest BCUT2D eigenvalue weighted by Gasteiger charge is 2.12. The Morgan fingerprint density at radius 3 is 2.61 bits per heavy atom. The lowest BCUT2D eigenvalue weighted by Gasteiger charge is -2.24. The molecule has 18 heavy (non-hydrogen) atoms. The number of likely N-dealkylation sites (N-methyl/N-ethyl adjacent to an activating group) is 1.